The Labute approximate surface area is 143 Å². The van der Waals surface area contributed by atoms with Crippen LogP contribution in [0.1, 0.15) is 36.7 Å². The van der Waals surface area contributed by atoms with Crippen molar-refractivity contribution < 1.29 is 0 Å². The molecule has 2 aliphatic heterocycles. The van der Waals surface area contributed by atoms with Gasteiger partial charge >= 0.3 is 0 Å². The zero-order valence-corrected chi connectivity index (χ0v) is 14.6. The smallest absolute Gasteiger partial charge is 0.156 e. The van der Waals surface area contributed by atoms with E-state index in [4.69, 9.17) is 4.98 Å². The second-order valence-electron chi connectivity index (χ2n) is 7.18. The molecule has 6 nitrogen and oxygen atoms in total. The summed E-state index contributed by atoms with van der Waals surface area (Å²) in [6, 6.07) is 2.87. The highest BCUT2D eigenvalue weighted by Crippen LogP contribution is 2.31. The van der Waals surface area contributed by atoms with Crippen LogP contribution < -0.4 is 0 Å². The maximum absolute atomic E-state index is 4.73. The number of likely N-dealkylation sites (tertiary alicyclic amines) is 2. The van der Waals surface area contributed by atoms with Gasteiger partial charge in [0.25, 0.3) is 0 Å². The first-order chi connectivity index (χ1) is 11.7. The van der Waals surface area contributed by atoms with E-state index in [0.29, 0.717) is 5.92 Å². The van der Waals surface area contributed by atoms with Crippen molar-refractivity contribution in [3.05, 3.63) is 30.0 Å². The molecular weight excluding hydrogens is 300 g/mol. The molecule has 4 rings (SSSR count). The largest absolute Gasteiger partial charge is 0.343 e. The number of rotatable bonds is 3. The van der Waals surface area contributed by atoms with Crippen LogP contribution in [-0.2, 0) is 0 Å². The van der Waals surface area contributed by atoms with Gasteiger partial charge in [-0.05, 0) is 58.9 Å². The van der Waals surface area contributed by atoms with Gasteiger partial charge in [-0.15, -0.1) is 0 Å². The van der Waals surface area contributed by atoms with E-state index < -0.39 is 0 Å². The summed E-state index contributed by atoms with van der Waals surface area (Å²) in [6.07, 6.45) is 7.39. The summed E-state index contributed by atoms with van der Waals surface area (Å²) in [5.41, 5.74) is 2.07. The number of nitrogens with zero attached hydrogens (tertiary/aromatic N) is 5. The third-order valence-corrected chi connectivity index (χ3v) is 5.44. The zero-order chi connectivity index (χ0) is 16.5. The van der Waals surface area contributed by atoms with E-state index in [0.717, 1.165) is 29.9 Å². The predicted octanol–water partition coefficient (Wildman–Crippen LogP) is 2.06. The Bertz CT molecular complexity index is 675. The molecule has 0 aromatic carbocycles. The van der Waals surface area contributed by atoms with Gasteiger partial charge in [0.05, 0.1) is 0 Å². The Morgan fingerprint density at radius 3 is 2.71 bits per heavy atom. The first-order valence-electron chi connectivity index (χ1n) is 8.97. The predicted molar refractivity (Wildman–Crippen MR) is 93.8 cm³/mol. The molecule has 24 heavy (non-hydrogen) atoms. The number of nitrogens with one attached hydrogen (secondary N) is 1. The molecule has 0 radical (unpaired) electrons. The fourth-order valence-electron chi connectivity index (χ4n) is 4.05. The van der Waals surface area contributed by atoms with Gasteiger partial charge in [-0.1, -0.05) is 0 Å². The maximum atomic E-state index is 4.73. The highest BCUT2D eigenvalue weighted by molar-refractivity contribution is 5.49. The van der Waals surface area contributed by atoms with Crippen molar-refractivity contribution in [2.75, 3.05) is 33.2 Å². The molecule has 0 unspecified atom stereocenters. The number of hydrogen-bond donors (Lipinski definition) is 1. The number of aromatic nitrogens is 4. The van der Waals surface area contributed by atoms with Crippen LogP contribution in [-0.4, -0.2) is 69.0 Å². The van der Waals surface area contributed by atoms with Crippen molar-refractivity contribution in [3.8, 4) is 11.5 Å². The molecule has 2 saturated heterocycles. The Morgan fingerprint density at radius 1 is 1.12 bits per heavy atom. The molecule has 0 saturated carbocycles. The minimum atomic E-state index is 0.514. The van der Waals surface area contributed by atoms with E-state index in [1.807, 2.05) is 13.1 Å². The van der Waals surface area contributed by atoms with Crippen LogP contribution in [0, 0.1) is 6.92 Å². The first-order valence-corrected chi connectivity index (χ1v) is 8.97. The normalized spacial score (nSPS) is 23.8. The van der Waals surface area contributed by atoms with Gasteiger partial charge in [-0.2, -0.15) is 0 Å². The van der Waals surface area contributed by atoms with Crippen LogP contribution in [0.15, 0.2) is 18.5 Å². The minimum absolute atomic E-state index is 0.514. The first kappa shape index (κ1) is 15.7. The molecule has 0 spiro atoms. The second-order valence-corrected chi connectivity index (χ2v) is 7.18. The lowest BCUT2D eigenvalue weighted by atomic mass is 10.0. The van der Waals surface area contributed by atoms with Crippen molar-refractivity contribution in [2.24, 2.45) is 0 Å². The molecule has 2 aromatic rings. The average Bonchev–Trinajstić information content (AvgIpc) is 3.27. The average molecular weight is 326 g/mol. The summed E-state index contributed by atoms with van der Waals surface area (Å²) in [6.45, 7) is 6.74. The van der Waals surface area contributed by atoms with Gasteiger partial charge in [0.2, 0.25) is 0 Å². The van der Waals surface area contributed by atoms with E-state index in [9.17, 15) is 0 Å². The number of hydrogen-bond acceptors (Lipinski definition) is 5. The highest BCUT2D eigenvalue weighted by Gasteiger charge is 2.31. The van der Waals surface area contributed by atoms with Gasteiger partial charge in [-0.25, -0.2) is 15.0 Å². The van der Waals surface area contributed by atoms with Gasteiger partial charge < -0.3 is 9.88 Å². The third-order valence-electron chi connectivity index (χ3n) is 5.44. The quantitative estimate of drug-likeness (QED) is 0.935. The molecule has 2 aromatic heterocycles. The standard InChI is InChI=1S/C18H26N6/c1-13-21-16(11-17(22-13)18-19-6-7-20-18)14-3-10-24(12-14)15-4-8-23(2)9-5-15/h6-7,11,14-15H,3-5,8-10,12H2,1-2H3,(H,19,20)/t14-/m1/s1. The molecule has 0 bridgehead atoms. The van der Waals surface area contributed by atoms with Crippen molar-refractivity contribution >= 4 is 0 Å². The molecule has 1 atom stereocenters. The summed E-state index contributed by atoms with van der Waals surface area (Å²) in [4.78, 5) is 21.9. The Hall–Kier alpha value is -1.79. The van der Waals surface area contributed by atoms with Crippen molar-refractivity contribution in [3.63, 3.8) is 0 Å². The van der Waals surface area contributed by atoms with Crippen LogP contribution in [0.4, 0.5) is 0 Å². The third kappa shape index (κ3) is 3.21. The van der Waals surface area contributed by atoms with Gasteiger partial charge in [0.1, 0.15) is 11.5 Å². The Morgan fingerprint density at radius 2 is 1.96 bits per heavy atom. The van der Waals surface area contributed by atoms with Gasteiger partial charge in [-0.3, -0.25) is 4.90 Å². The molecule has 4 heterocycles. The number of piperidine rings is 1. The maximum Gasteiger partial charge on any atom is 0.156 e. The topological polar surface area (TPSA) is 60.9 Å². The number of imidazole rings is 1. The molecule has 0 aliphatic carbocycles. The van der Waals surface area contributed by atoms with E-state index >= 15 is 0 Å². The van der Waals surface area contributed by atoms with Gasteiger partial charge in [0, 0.05) is 36.6 Å². The fraction of sp³-hybridized carbons (Fsp3) is 0.611. The van der Waals surface area contributed by atoms with Crippen LogP contribution in [0.5, 0.6) is 0 Å². The number of aryl methyl sites for hydroxylation is 1. The van der Waals surface area contributed by atoms with Crippen LogP contribution >= 0.6 is 0 Å². The molecule has 128 valence electrons. The van der Waals surface area contributed by atoms with Crippen LogP contribution in [0.2, 0.25) is 0 Å². The van der Waals surface area contributed by atoms with Crippen molar-refractivity contribution in [1.29, 1.82) is 0 Å². The summed E-state index contributed by atoms with van der Waals surface area (Å²) < 4.78 is 0. The lowest BCUT2D eigenvalue weighted by Crippen LogP contribution is -2.42. The van der Waals surface area contributed by atoms with E-state index in [2.05, 4.69) is 37.9 Å². The molecule has 6 heteroatoms. The SMILES string of the molecule is Cc1nc(-c2ncc[nH]2)cc([C@@H]2CCN(C3CCN(C)CC3)C2)n1. The summed E-state index contributed by atoms with van der Waals surface area (Å²) in [5.74, 6) is 2.17. The van der Waals surface area contributed by atoms with Crippen molar-refractivity contribution in [1.82, 2.24) is 29.7 Å². The fourth-order valence-corrected chi connectivity index (χ4v) is 4.05. The minimum Gasteiger partial charge on any atom is -0.343 e. The Kier molecular flexibility index (Phi) is 4.33. The molecule has 1 N–H and O–H groups in total. The highest BCUT2D eigenvalue weighted by atomic mass is 15.2. The molecule has 2 fully saturated rings. The van der Waals surface area contributed by atoms with Gasteiger partial charge in [0.15, 0.2) is 5.82 Å². The van der Waals surface area contributed by atoms with E-state index in [1.54, 1.807) is 6.20 Å². The van der Waals surface area contributed by atoms with E-state index in [-0.39, 0.29) is 0 Å². The van der Waals surface area contributed by atoms with E-state index in [1.165, 1.54) is 44.6 Å². The zero-order valence-electron chi connectivity index (χ0n) is 14.6. The van der Waals surface area contributed by atoms with Crippen molar-refractivity contribution in [2.45, 2.75) is 38.1 Å². The van der Waals surface area contributed by atoms with Crippen LogP contribution in [0.3, 0.4) is 0 Å². The number of H-pyrrole nitrogens is 1. The summed E-state index contributed by atoms with van der Waals surface area (Å²) in [5, 5.41) is 0. The molecule has 2 aliphatic rings. The summed E-state index contributed by atoms with van der Waals surface area (Å²) >= 11 is 0. The Balaban J connectivity index is 1.49. The van der Waals surface area contributed by atoms with Crippen LogP contribution in [0.25, 0.3) is 11.5 Å². The summed E-state index contributed by atoms with van der Waals surface area (Å²) in [7, 11) is 2.23. The second kappa shape index (κ2) is 6.61. The lowest BCUT2D eigenvalue weighted by molar-refractivity contribution is 0.142. The lowest BCUT2D eigenvalue weighted by Gasteiger charge is -2.35. The molecule has 0 amide bonds. The monoisotopic (exact) mass is 326 g/mol. The number of aromatic amines is 1. The molecular formula is C18H26N6.